The Morgan fingerprint density at radius 1 is 1.18 bits per heavy atom. The van der Waals surface area contributed by atoms with Crippen molar-refractivity contribution in [3.05, 3.63) is 47.8 Å². The molecular weight excluding hydrogens is 404 g/mol. The first kappa shape index (κ1) is 21.7. The van der Waals surface area contributed by atoms with Crippen LogP contribution < -0.4 is 4.74 Å². The number of aliphatic carboxylic acids is 1. The largest absolute Gasteiger partial charge is 0.479 e. The maximum Gasteiger partial charge on any atom is 0.417 e. The van der Waals surface area contributed by atoms with Gasteiger partial charge in [-0.05, 0) is 42.3 Å². The van der Waals surface area contributed by atoms with Gasteiger partial charge in [0.1, 0.15) is 11.6 Å². The van der Waals surface area contributed by atoms with Crippen LogP contribution in [0.5, 0.6) is 5.75 Å². The molecule has 0 spiro atoms. The number of carbonyl (C=O) groups is 1. The van der Waals surface area contributed by atoms with Crippen LogP contribution >= 0.6 is 0 Å². The third kappa shape index (κ3) is 4.80. The topological polar surface area (TPSA) is 80.7 Å². The highest BCUT2D eigenvalue weighted by atomic mass is 32.2. The Balaban J connectivity index is 2.68. The summed E-state index contributed by atoms with van der Waals surface area (Å²) in [5.74, 6) is -2.22. The van der Waals surface area contributed by atoms with Crippen molar-refractivity contribution in [3.63, 3.8) is 0 Å². The Morgan fingerprint density at radius 3 is 2.32 bits per heavy atom. The zero-order valence-corrected chi connectivity index (χ0v) is 15.6. The molecule has 0 aromatic heterocycles. The van der Waals surface area contributed by atoms with Gasteiger partial charge in [0.25, 0.3) is 0 Å². The molecule has 2 aromatic carbocycles. The average Bonchev–Trinajstić information content (AvgIpc) is 2.58. The van der Waals surface area contributed by atoms with Crippen LogP contribution in [0.4, 0.5) is 17.6 Å². The van der Waals surface area contributed by atoms with E-state index >= 15 is 0 Å². The lowest BCUT2D eigenvalue weighted by molar-refractivity contribution is -0.145. The first-order valence-electron chi connectivity index (χ1n) is 7.95. The summed E-state index contributed by atoms with van der Waals surface area (Å²) in [5, 5.41) is 9.11. The minimum absolute atomic E-state index is 0.0625. The van der Waals surface area contributed by atoms with Gasteiger partial charge in [0.2, 0.25) is 0 Å². The molecule has 0 bridgehead atoms. The van der Waals surface area contributed by atoms with Gasteiger partial charge in [-0.2, -0.15) is 13.2 Å². The molecule has 0 fully saturated rings. The zero-order valence-electron chi connectivity index (χ0n) is 14.7. The number of alkyl halides is 3. The molecular formula is C18H16F4O5S. The van der Waals surface area contributed by atoms with Gasteiger partial charge in [0.15, 0.2) is 15.9 Å². The van der Waals surface area contributed by atoms with Gasteiger partial charge in [-0.3, -0.25) is 0 Å². The fourth-order valence-electron chi connectivity index (χ4n) is 2.53. The molecule has 10 heteroatoms. The van der Waals surface area contributed by atoms with E-state index < -0.39 is 44.4 Å². The molecule has 0 saturated carbocycles. The molecule has 0 amide bonds. The van der Waals surface area contributed by atoms with Crippen molar-refractivity contribution in [1.82, 2.24) is 0 Å². The molecule has 1 atom stereocenters. The summed E-state index contributed by atoms with van der Waals surface area (Å²) < 4.78 is 82.5. The van der Waals surface area contributed by atoms with E-state index in [9.17, 15) is 30.8 Å². The molecule has 0 saturated heterocycles. The van der Waals surface area contributed by atoms with Crippen LogP contribution in [0.2, 0.25) is 0 Å². The molecule has 0 aliphatic carbocycles. The quantitative estimate of drug-likeness (QED) is 0.710. The van der Waals surface area contributed by atoms with E-state index in [0.29, 0.717) is 12.3 Å². The van der Waals surface area contributed by atoms with Gasteiger partial charge in [-0.1, -0.05) is 13.0 Å². The first-order valence-corrected chi connectivity index (χ1v) is 9.84. The third-order valence-corrected chi connectivity index (χ3v) is 5.01. The van der Waals surface area contributed by atoms with E-state index in [0.717, 1.165) is 30.3 Å². The highest BCUT2D eigenvalue weighted by Gasteiger charge is 2.36. The van der Waals surface area contributed by atoms with Crippen molar-refractivity contribution in [2.75, 3.05) is 6.26 Å². The molecule has 2 rings (SSSR count). The second kappa shape index (κ2) is 7.78. The van der Waals surface area contributed by atoms with Gasteiger partial charge in [0.05, 0.1) is 10.5 Å². The number of rotatable bonds is 6. The van der Waals surface area contributed by atoms with Crippen LogP contribution in [0.1, 0.15) is 18.9 Å². The number of ether oxygens (including phenoxy) is 1. The first-order chi connectivity index (χ1) is 12.8. The van der Waals surface area contributed by atoms with Crippen LogP contribution in [-0.4, -0.2) is 31.9 Å². The number of benzene rings is 2. The summed E-state index contributed by atoms with van der Waals surface area (Å²) in [4.78, 5) is 10.3. The van der Waals surface area contributed by atoms with E-state index in [2.05, 4.69) is 0 Å². The van der Waals surface area contributed by atoms with Crippen LogP contribution in [0.25, 0.3) is 11.1 Å². The van der Waals surface area contributed by atoms with Crippen molar-refractivity contribution >= 4 is 15.8 Å². The van der Waals surface area contributed by atoms with Crippen molar-refractivity contribution in [1.29, 1.82) is 0 Å². The number of halogens is 4. The number of hydrogen-bond acceptors (Lipinski definition) is 4. The lowest BCUT2D eigenvalue weighted by Crippen LogP contribution is -2.26. The maximum absolute atomic E-state index is 13.7. The molecule has 0 heterocycles. The van der Waals surface area contributed by atoms with Crippen LogP contribution in [0.15, 0.2) is 41.3 Å². The fraction of sp³-hybridized carbons (Fsp3) is 0.278. The second-order valence-electron chi connectivity index (χ2n) is 5.97. The molecule has 1 N–H and O–H groups in total. The van der Waals surface area contributed by atoms with Gasteiger partial charge in [-0.25, -0.2) is 17.6 Å². The standard InChI is InChI=1S/C18H16F4O5S/c1-3-14(17(23)24)27-15-6-5-11(19)9-12(15)10-4-7-16(28(2,25)26)13(8-10)18(20,21)22/h4-9,14H,3H2,1-2H3,(H,23,24). The molecule has 0 aliphatic heterocycles. The summed E-state index contributed by atoms with van der Waals surface area (Å²) in [5.41, 5.74) is -1.72. The fourth-order valence-corrected chi connectivity index (χ4v) is 3.42. The summed E-state index contributed by atoms with van der Waals surface area (Å²) in [6, 6.07) is 5.39. The van der Waals surface area contributed by atoms with E-state index in [1.807, 2.05) is 0 Å². The van der Waals surface area contributed by atoms with Gasteiger partial charge in [-0.15, -0.1) is 0 Å². The normalized spacial score (nSPS) is 13.2. The van der Waals surface area contributed by atoms with Gasteiger partial charge < -0.3 is 9.84 Å². The molecule has 0 aliphatic rings. The highest BCUT2D eigenvalue weighted by molar-refractivity contribution is 7.90. The highest BCUT2D eigenvalue weighted by Crippen LogP contribution is 2.39. The van der Waals surface area contributed by atoms with Crippen LogP contribution in [0, 0.1) is 5.82 Å². The maximum atomic E-state index is 13.7. The molecule has 5 nitrogen and oxygen atoms in total. The predicted molar refractivity (Wildman–Crippen MR) is 92.3 cm³/mol. The van der Waals surface area contributed by atoms with Crippen molar-refractivity contribution < 1.29 is 40.6 Å². The van der Waals surface area contributed by atoms with Crippen molar-refractivity contribution in [3.8, 4) is 16.9 Å². The summed E-state index contributed by atoms with van der Waals surface area (Å²) >= 11 is 0. The number of hydrogen-bond donors (Lipinski definition) is 1. The zero-order chi connectivity index (χ0) is 21.3. The lowest BCUT2D eigenvalue weighted by atomic mass is 10.0. The summed E-state index contributed by atoms with van der Waals surface area (Å²) in [7, 11) is -4.17. The molecule has 152 valence electrons. The lowest BCUT2D eigenvalue weighted by Gasteiger charge is -2.18. The molecule has 28 heavy (non-hydrogen) atoms. The summed E-state index contributed by atoms with van der Waals surface area (Å²) in [6.07, 6.45) is -5.56. The van der Waals surface area contributed by atoms with E-state index in [4.69, 9.17) is 9.84 Å². The molecule has 2 aromatic rings. The van der Waals surface area contributed by atoms with Gasteiger partial charge >= 0.3 is 12.1 Å². The van der Waals surface area contributed by atoms with Crippen LogP contribution in [0.3, 0.4) is 0 Å². The number of carboxylic acid groups (broad SMARTS) is 1. The SMILES string of the molecule is CCC(Oc1ccc(F)cc1-c1ccc(S(C)(=O)=O)c(C(F)(F)F)c1)C(=O)O. The summed E-state index contributed by atoms with van der Waals surface area (Å²) in [6.45, 7) is 1.53. The Bertz CT molecular complexity index is 1000. The van der Waals surface area contributed by atoms with Crippen molar-refractivity contribution in [2.45, 2.75) is 30.5 Å². The monoisotopic (exact) mass is 420 g/mol. The van der Waals surface area contributed by atoms with E-state index in [-0.39, 0.29) is 23.3 Å². The second-order valence-corrected chi connectivity index (χ2v) is 7.96. The molecule has 0 radical (unpaired) electrons. The number of sulfone groups is 1. The van der Waals surface area contributed by atoms with Crippen molar-refractivity contribution in [2.24, 2.45) is 0 Å². The Morgan fingerprint density at radius 2 is 1.82 bits per heavy atom. The van der Waals surface area contributed by atoms with Gasteiger partial charge in [0, 0.05) is 11.8 Å². The smallest absolute Gasteiger partial charge is 0.417 e. The minimum atomic E-state index is -4.98. The molecule has 1 unspecified atom stereocenters. The van der Waals surface area contributed by atoms with Crippen LogP contribution in [-0.2, 0) is 20.8 Å². The van der Waals surface area contributed by atoms with E-state index in [1.165, 1.54) is 6.92 Å². The average molecular weight is 420 g/mol. The number of carboxylic acids is 1. The predicted octanol–water partition coefficient (Wildman–Crippen LogP) is 4.16. The minimum Gasteiger partial charge on any atom is -0.479 e. The van der Waals surface area contributed by atoms with E-state index in [1.54, 1.807) is 0 Å². The Labute approximate surface area is 158 Å². The Hall–Kier alpha value is -2.62. The third-order valence-electron chi connectivity index (χ3n) is 3.85. The Kier molecular flexibility index (Phi) is 6.03.